The number of hydrogen-bond donors (Lipinski definition) is 3. The number of H-pyrrole nitrogens is 1. The topological polar surface area (TPSA) is 192 Å². The average molecular weight is 697 g/mol. The van der Waals surface area contributed by atoms with Crippen molar-refractivity contribution in [1.29, 1.82) is 0 Å². The summed E-state index contributed by atoms with van der Waals surface area (Å²) in [6.45, 7) is 3.76. The predicted molar refractivity (Wildman–Crippen MR) is 165 cm³/mol. The van der Waals surface area contributed by atoms with Crippen LogP contribution < -0.4 is 10.2 Å². The molecule has 0 unspecified atom stereocenters. The summed E-state index contributed by atoms with van der Waals surface area (Å²) >= 11 is 1.60. The Kier molecular flexibility index (Phi) is 19.8. The predicted octanol–water partition coefficient (Wildman–Crippen LogP) is 4.56. The molecule has 2 aromatic carbocycles. The van der Waals surface area contributed by atoms with E-state index in [-0.39, 0.29) is 55.7 Å². The first kappa shape index (κ1) is 40.8. The maximum atomic E-state index is 10.5. The van der Waals surface area contributed by atoms with Gasteiger partial charge in [0.15, 0.2) is 0 Å². The summed E-state index contributed by atoms with van der Waals surface area (Å²) in [4.78, 5) is 45.3. The van der Waals surface area contributed by atoms with Crippen LogP contribution in [0.1, 0.15) is 47.7 Å². The van der Waals surface area contributed by atoms with Crippen molar-refractivity contribution >= 4 is 50.9 Å². The van der Waals surface area contributed by atoms with Crippen LogP contribution in [0.15, 0.2) is 102 Å². The van der Waals surface area contributed by atoms with Gasteiger partial charge >= 0.3 is 17.1 Å². The molecular formula is C32H30CuFN4O7S. The van der Waals surface area contributed by atoms with E-state index in [4.69, 9.17) is 0 Å². The van der Waals surface area contributed by atoms with Crippen molar-refractivity contribution in [2.24, 2.45) is 0 Å². The zero-order chi connectivity index (χ0) is 32.3. The molecule has 6 rings (SSSR count). The number of carbonyl (C=O) groups excluding carboxylic acids is 3. The summed E-state index contributed by atoms with van der Waals surface area (Å²) < 4.78 is 0. The van der Waals surface area contributed by atoms with E-state index in [9.17, 15) is 34.8 Å². The number of fused-ring (bicyclic) bond motifs is 2. The number of aromatic amines is 1. The van der Waals surface area contributed by atoms with E-state index in [1.165, 1.54) is 24.3 Å². The number of halogens is 1. The van der Waals surface area contributed by atoms with Gasteiger partial charge in [-0.1, -0.05) is 50.2 Å². The molecule has 0 amide bonds. The van der Waals surface area contributed by atoms with Crippen LogP contribution in [0, 0.1) is 0 Å². The number of rotatable bonds is 4. The van der Waals surface area contributed by atoms with E-state index in [0.29, 0.717) is 29.4 Å². The van der Waals surface area contributed by atoms with Gasteiger partial charge in [-0.3, -0.25) is 9.78 Å². The van der Waals surface area contributed by atoms with Crippen molar-refractivity contribution in [1.82, 2.24) is 19.9 Å². The molecule has 3 N–H and O–H groups in total. The maximum Gasteiger partial charge on any atom is 2.00 e. The number of benzene rings is 2. The van der Waals surface area contributed by atoms with Crippen LogP contribution in [0.5, 0.6) is 11.5 Å². The number of carbonyl (C=O) groups is 3. The summed E-state index contributed by atoms with van der Waals surface area (Å²) in [6, 6.07) is 19.4. The zero-order valence-corrected chi connectivity index (χ0v) is 26.4. The molecule has 0 aliphatic carbocycles. The number of hydrogen-bond acceptors (Lipinski definition) is 11. The second-order valence-corrected chi connectivity index (χ2v) is 9.23. The number of nitrogens with one attached hydrogen (secondary N) is 1. The van der Waals surface area contributed by atoms with Gasteiger partial charge in [0.05, 0.1) is 28.8 Å². The van der Waals surface area contributed by atoms with Gasteiger partial charge in [-0.2, -0.15) is 0 Å². The molecule has 0 fully saturated rings. The number of Topliss-reactive ketones (excluding diaryl/α,β-unsaturated/α-hetero) is 1. The second-order valence-electron chi connectivity index (χ2n) is 8.47. The number of aromatic hydroxyl groups is 2. The molecule has 4 aromatic heterocycles. The third-order valence-electron chi connectivity index (χ3n) is 5.45. The Bertz CT molecular complexity index is 1590. The van der Waals surface area contributed by atoms with E-state index < -0.39 is 11.9 Å². The number of ketones is 1. The number of para-hydroxylation sites is 2. The molecule has 4 heterocycles. The Morgan fingerprint density at radius 3 is 1.46 bits per heavy atom. The fourth-order valence-electron chi connectivity index (χ4n) is 3.19. The van der Waals surface area contributed by atoms with E-state index in [1.807, 2.05) is 43.8 Å². The number of aromatic carboxylic acids is 2. The standard InChI is InChI=1S/2C10H7NO3.C5H10O.C4H5N.C3H3NS.Cu.F/c2*12-8-3-1-2-6-4-5-7(10(13)14)11-9(6)8;1-3-5(6)4-2;1-2-4-5-3-1;1-2-5-3-4-1;;/h2*1-5,12H,(H,13,14);3-4H2,1-2H3;1-5H;1-3H;;/q;;;;;+2;/p-2. The van der Waals surface area contributed by atoms with Crippen LogP contribution in [0.4, 0.5) is 4.70 Å². The molecule has 0 spiro atoms. The molecule has 46 heavy (non-hydrogen) atoms. The quantitative estimate of drug-likeness (QED) is 0.220. The fraction of sp³-hybridized carbons (Fsp3) is 0.125. The minimum absolute atomic E-state index is 0. The molecule has 0 atom stereocenters. The summed E-state index contributed by atoms with van der Waals surface area (Å²) in [5, 5.41) is 43.1. The summed E-state index contributed by atoms with van der Waals surface area (Å²) in [7, 11) is 0. The molecule has 6 aromatic rings. The number of carboxylic acid groups (broad SMARTS) is 2. The van der Waals surface area contributed by atoms with Crippen LogP contribution in [0.25, 0.3) is 21.8 Å². The number of aromatic nitrogens is 4. The monoisotopic (exact) mass is 696 g/mol. The molecule has 14 heteroatoms. The van der Waals surface area contributed by atoms with Crippen molar-refractivity contribution in [3.63, 3.8) is 0 Å². The number of nitrogens with zero attached hydrogens (tertiary/aromatic N) is 3. The second kappa shape index (κ2) is 22.4. The number of pyridine rings is 2. The third kappa shape index (κ3) is 14.1. The molecule has 0 saturated carbocycles. The number of carboxylic acids is 2. The third-order valence-corrected chi connectivity index (χ3v) is 5.97. The molecule has 11 nitrogen and oxygen atoms in total. The first-order chi connectivity index (χ1) is 21.2. The number of phenolic OH excluding ortho intramolecular Hbond substituents is 2. The first-order valence-corrected chi connectivity index (χ1v) is 14.1. The van der Waals surface area contributed by atoms with Crippen molar-refractivity contribution in [3.8, 4) is 11.5 Å². The van der Waals surface area contributed by atoms with Gasteiger partial charge in [-0.05, 0) is 36.4 Å². The molecule has 0 saturated heterocycles. The van der Waals surface area contributed by atoms with Gasteiger partial charge in [-0.25, -0.2) is 9.97 Å². The van der Waals surface area contributed by atoms with Gasteiger partial charge < -0.3 is 35.0 Å². The van der Waals surface area contributed by atoms with Crippen molar-refractivity contribution in [2.45, 2.75) is 26.7 Å². The van der Waals surface area contributed by atoms with Crippen LogP contribution >= 0.6 is 11.3 Å². The van der Waals surface area contributed by atoms with Crippen LogP contribution in [-0.2, 0) is 21.9 Å². The number of phenols is 2. The van der Waals surface area contributed by atoms with E-state index in [2.05, 4.69) is 19.9 Å². The van der Waals surface area contributed by atoms with Crippen LogP contribution in [-0.4, -0.2) is 47.9 Å². The molecule has 0 aliphatic rings. The van der Waals surface area contributed by atoms with Crippen LogP contribution in [0.2, 0.25) is 0 Å². The fourth-order valence-corrected chi connectivity index (χ4v) is 3.55. The Balaban J connectivity index is 0.000000588. The van der Waals surface area contributed by atoms with Gasteiger partial charge in [0.25, 0.3) is 0 Å². The van der Waals surface area contributed by atoms with Crippen LogP contribution in [0.3, 0.4) is 0 Å². The van der Waals surface area contributed by atoms with Crippen molar-refractivity contribution < 1.29 is 56.6 Å². The molecule has 0 aliphatic heterocycles. The smallest absolute Gasteiger partial charge is 0.543 e. The number of thiazole rings is 1. The normalized spacial score (nSPS) is 9.09. The van der Waals surface area contributed by atoms with Gasteiger partial charge in [-0.15, -0.1) is 11.3 Å². The average Bonchev–Trinajstić information content (AvgIpc) is 3.82. The summed E-state index contributed by atoms with van der Waals surface area (Å²) in [5.41, 5.74) is 1.97. The molecule has 2 radical (unpaired) electrons. The van der Waals surface area contributed by atoms with Crippen molar-refractivity contribution in [3.05, 3.63) is 114 Å². The summed E-state index contributed by atoms with van der Waals surface area (Å²) in [5.74, 6) is -2.43. The van der Waals surface area contributed by atoms with Gasteiger partial charge in [0.2, 0.25) is 0 Å². The molecule has 244 valence electrons. The van der Waals surface area contributed by atoms with E-state index >= 15 is 0 Å². The SMILES string of the molecule is CCC(=O)CC.O=C([O-])c1ccc2cccc(O)c2n1.O=C([O-])c1ccc2cccc(O)c2n1.[Cu+2].[F].c1cc[nH]c1.c1cscn1. The van der Waals surface area contributed by atoms with E-state index in [0.717, 1.165) is 0 Å². The van der Waals surface area contributed by atoms with E-state index in [1.54, 1.807) is 59.4 Å². The van der Waals surface area contributed by atoms with Gasteiger partial charge in [0.1, 0.15) is 28.3 Å². The molecule has 0 bridgehead atoms. The molecular weight excluding hydrogens is 667 g/mol. The maximum absolute atomic E-state index is 10.5. The Morgan fingerprint density at radius 1 is 0.739 bits per heavy atom. The first-order valence-electron chi connectivity index (χ1n) is 13.2. The minimum atomic E-state index is -1.35. The minimum Gasteiger partial charge on any atom is -0.543 e. The van der Waals surface area contributed by atoms with Gasteiger partial charge in [0, 0.05) is 52.3 Å². The summed E-state index contributed by atoms with van der Waals surface area (Å²) in [6.07, 6.45) is 6.90. The Morgan fingerprint density at radius 2 is 1.20 bits per heavy atom. The Labute approximate surface area is 278 Å². The zero-order valence-electron chi connectivity index (χ0n) is 24.6. The Hall–Kier alpha value is -5.17. The van der Waals surface area contributed by atoms with Crippen molar-refractivity contribution in [2.75, 3.05) is 0 Å². The largest absolute Gasteiger partial charge is 2.00 e.